The van der Waals surface area contributed by atoms with E-state index >= 15 is 0 Å². The molecule has 1 aliphatic heterocycles. The van der Waals surface area contributed by atoms with Crippen LogP contribution in [0.5, 0.6) is 0 Å². The van der Waals surface area contributed by atoms with Gasteiger partial charge in [0.1, 0.15) is 5.70 Å². The molecule has 5 heteroatoms. The maximum atomic E-state index is 11.1. The third-order valence-electron chi connectivity index (χ3n) is 2.65. The van der Waals surface area contributed by atoms with Crippen LogP contribution in [0.2, 0.25) is 0 Å². The zero-order chi connectivity index (χ0) is 12.4. The molecule has 0 saturated carbocycles. The summed E-state index contributed by atoms with van der Waals surface area (Å²) in [6.45, 7) is 0. The van der Waals surface area contributed by atoms with Crippen molar-refractivity contribution in [3.63, 3.8) is 0 Å². The lowest BCUT2D eigenvalue weighted by molar-refractivity contribution is -0.133. The van der Waals surface area contributed by atoms with Gasteiger partial charge >= 0.3 is 5.97 Å². The Morgan fingerprint density at radius 1 is 1.41 bits per heavy atom. The van der Waals surface area contributed by atoms with E-state index in [9.17, 15) is 4.79 Å². The van der Waals surface area contributed by atoms with Gasteiger partial charge in [0, 0.05) is 7.05 Å². The van der Waals surface area contributed by atoms with Crippen molar-refractivity contribution in [3.8, 4) is 0 Å². The van der Waals surface area contributed by atoms with Crippen molar-refractivity contribution in [2.24, 2.45) is 0 Å². The van der Waals surface area contributed by atoms with Gasteiger partial charge in [0.25, 0.3) is 0 Å². The van der Waals surface area contributed by atoms with Crippen LogP contribution < -0.4 is 5.32 Å². The summed E-state index contributed by atoms with van der Waals surface area (Å²) in [5.74, 6) is -0.975. The van der Waals surface area contributed by atoms with Crippen LogP contribution in [0.4, 0.5) is 0 Å². The Labute approximate surface area is 105 Å². The predicted octanol–water partition coefficient (Wildman–Crippen LogP) is 1.52. The Morgan fingerprint density at radius 2 is 2.06 bits per heavy atom. The quantitative estimate of drug-likeness (QED) is 0.777. The summed E-state index contributed by atoms with van der Waals surface area (Å²) in [5.41, 5.74) is 1.18. The SMILES string of the molecule is CN1C(=S)NC(c2ccccc2)C=C1C(=O)O. The normalized spacial score (nSPS) is 19.6. The number of thiocarbonyl (C=S) groups is 1. The summed E-state index contributed by atoms with van der Waals surface area (Å²) in [6, 6.07) is 9.41. The number of hydrogen-bond donors (Lipinski definition) is 2. The van der Waals surface area contributed by atoms with Gasteiger partial charge in [-0.2, -0.15) is 0 Å². The highest BCUT2D eigenvalue weighted by atomic mass is 32.1. The molecule has 2 N–H and O–H groups in total. The highest BCUT2D eigenvalue weighted by Gasteiger charge is 2.25. The first-order valence-corrected chi connectivity index (χ1v) is 5.54. The Bertz CT molecular complexity index is 485. The number of rotatable bonds is 2. The number of hydrogen-bond acceptors (Lipinski definition) is 2. The number of carboxylic acids is 1. The van der Waals surface area contributed by atoms with E-state index in [0.717, 1.165) is 5.56 Å². The molecule has 0 radical (unpaired) electrons. The van der Waals surface area contributed by atoms with E-state index in [1.807, 2.05) is 30.3 Å². The van der Waals surface area contributed by atoms with Gasteiger partial charge in [-0.25, -0.2) is 4.79 Å². The van der Waals surface area contributed by atoms with Crippen molar-refractivity contribution in [3.05, 3.63) is 47.7 Å². The third-order valence-corrected chi connectivity index (χ3v) is 3.04. The minimum absolute atomic E-state index is 0.189. The molecule has 1 aliphatic rings. The fraction of sp³-hybridized carbons (Fsp3) is 0.167. The van der Waals surface area contributed by atoms with Crippen LogP contribution >= 0.6 is 12.2 Å². The second kappa shape index (κ2) is 4.55. The van der Waals surface area contributed by atoms with Crippen molar-refractivity contribution >= 4 is 23.3 Å². The third kappa shape index (κ3) is 2.29. The molecular formula is C12H12N2O2S. The zero-order valence-electron chi connectivity index (χ0n) is 9.25. The second-order valence-corrected chi connectivity index (χ2v) is 4.14. The zero-order valence-corrected chi connectivity index (χ0v) is 10.1. The summed E-state index contributed by atoms with van der Waals surface area (Å²) < 4.78 is 0. The molecule has 1 aromatic carbocycles. The molecule has 0 saturated heterocycles. The lowest BCUT2D eigenvalue weighted by Crippen LogP contribution is -2.44. The number of carboxylic acid groups (broad SMARTS) is 1. The summed E-state index contributed by atoms with van der Waals surface area (Å²) >= 11 is 5.11. The topological polar surface area (TPSA) is 52.6 Å². The lowest BCUT2D eigenvalue weighted by Gasteiger charge is -2.30. The number of likely N-dealkylation sites (N-methyl/N-ethyl adjacent to an activating group) is 1. The number of nitrogens with one attached hydrogen (secondary N) is 1. The Balaban J connectivity index is 2.38. The van der Waals surface area contributed by atoms with E-state index < -0.39 is 5.97 Å². The van der Waals surface area contributed by atoms with Gasteiger partial charge in [-0.15, -0.1) is 0 Å². The fourth-order valence-electron chi connectivity index (χ4n) is 1.71. The van der Waals surface area contributed by atoms with Crippen LogP contribution in [0.25, 0.3) is 0 Å². The molecule has 88 valence electrons. The molecule has 0 aromatic heterocycles. The summed E-state index contributed by atoms with van der Waals surface area (Å²) in [4.78, 5) is 12.5. The van der Waals surface area contributed by atoms with Gasteiger partial charge in [-0.05, 0) is 23.9 Å². The van der Waals surface area contributed by atoms with Gasteiger partial charge in [0.15, 0.2) is 5.11 Å². The van der Waals surface area contributed by atoms with Crippen molar-refractivity contribution in [2.45, 2.75) is 6.04 Å². The first-order valence-electron chi connectivity index (χ1n) is 5.14. The average Bonchev–Trinajstić information content (AvgIpc) is 2.33. The number of nitrogens with zero attached hydrogens (tertiary/aromatic N) is 1. The monoisotopic (exact) mass is 248 g/mol. The van der Waals surface area contributed by atoms with Gasteiger partial charge in [-0.3, -0.25) is 0 Å². The summed E-state index contributed by atoms with van der Waals surface area (Å²) in [5, 5.41) is 12.6. The van der Waals surface area contributed by atoms with Crippen molar-refractivity contribution in [2.75, 3.05) is 7.05 Å². The highest BCUT2D eigenvalue weighted by Crippen LogP contribution is 2.21. The van der Waals surface area contributed by atoms with Gasteiger partial charge in [0.05, 0.1) is 6.04 Å². The van der Waals surface area contributed by atoms with Crippen molar-refractivity contribution in [1.29, 1.82) is 0 Å². The first kappa shape index (κ1) is 11.6. The molecule has 0 bridgehead atoms. The molecule has 1 atom stereocenters. The van der Waals surface area contributed by atoms with Crippen LogP contribution in [0, 0.1) is 0 Å². The van der Waals surface area contributed by atoms with Gasteiger partial charge in [0.2, 0.25) is 0 Å². The molecule has 0 spiro atoms. The van der Waals surface area contributed by atoms with E-state index in [1.165, 1.54) is 4.90 Å². The first-order chi connectivity index (χ1) is 8.09. The Hall–Kier alpha value is -1.88. The standard InChI is InChI=1S/C12H12N2O2S/c1-14-10(11(15)16)7-9(13-12(14)17)8-5-3-2-4-6-8/h2-7,9H,1H3,(H,13,17)(H,15,16). The Kier molecular flexibility index (Phi) is 3.10. The average molecular weight is 248 g/mol. The molecule has 0 amide bonds. The Morgan fingerprint density at radius 3 is 2.65 bits per heavy atom. The van der Waals surface area contributed by atoms with Crippen LogP contribution in [0.1, 0.15) is 11.6 Å². The maximum Gasteiger partial charge on any atom is 0.352 e. The van der Waals surface area contributed by atoms with E-state index in [2.05, 4.69) is 5.32 Å². The highest BCUT2D eigenvalue weighted by molar-refractivity contribution is 7.80. The van der Waals surface area contributed by atoms with Crippen LogP contribution in [-0.2, 0) is 4.79 Å². The molecule has 4 nitrogen and oxygen atoms in total. The molecule has 1 aromatic rings. The molecule has 1 heterocycles. The molecule has 0 aliphatic carbocycles. The number of benzene rings is 1. The van der Waals surface area contributed by atoms with Gasteiger partial charge < -0.3 is 15.3 Å². The lowest BCUT2D eigenvalue weighted by atomic mass is 10.0. The van der Waals surface area contributed by atoms with Crippen LogP contribution in [-0.4, -0.2) is 28.1 Å². The van der Waals surface area contributed by atoms with Crippen molar-refractivity contribution < 1.29 is 9.90 Å². The maximum absolute atomic E-state index is 11.1. The largest absolute Gasteiger partial charge is 0.477 e. The summed E-state index contributed by atoms with van der Waals surface area (Å²) in [7, 11) is 1.64. The molecule has 17 heavy (non-hydrogen) atoms. The van der Waals surface area contributed by atoms with E-state index in [0.29, 0.717) is 5.11 Å². The number of aliphatic carboxylic acids is 1. The predicted molar refractivity (Wildman–Crippen MR) is 68.4 cm³/mol. The minimum atomic E-state index is -0.975. The molecular weight excluding hydrogens is 236 g/mol. The van der Waals surface area contributed by atoms with Crippen molar-refractivity contribution in [1.82, 2.24) is 10.2 Å². The molecule has 1 unspecified atom stereocenters. The van der Waals surface area contributed by atoms with Crippen LogP contribution in [0.15, 0.2) is 42.1 Å². The molecule has 2 rings (SSSR count). The van der Waals surface area contributed by atoms with E-state index in [1.54, 1.807) is 13.1 Å². The van der Waals surface area contributed by atoms with E-state index in [4.69, 9.17) is 17.3 Å². The number of carbonyl (C=O) groups is 1. The van der Waals surface area contributed by atoms with Crippen LogP contribution in [0.3, 0.4) is 0 Å². The smallest absolute Gasteiger partial charge is 0.352 e. The minimum Gasteiger partial charge on any atom is -0.477 e. The molecule has 0 fully saturated rings. The summed E-state index contributed by atoms with van der Waals surface area (Å²) in [6.07, 6.45) is 1.66. The van der Waals surface area contributed by atoms with E-state index in [-0.39, 0.29) is 11.7 Å². The van der Waals surface area contributed by atoms with Gasteiger partial charge in [-0.1, -0.05) is 30.3 Å². The second-order valence-electron chi connectivity index (χ2n) is 3.75. The fourth-order valence-corrected chi connectivity index (χ4v) is 1.93.